The summed E-state index contributed by atoms with van der Waals surface area (Å²) >= 11 is 0. The van der Waals surface area contributed by atoms with Gasteiger partial charge in [0, 0.05) is 60.0 Å². The summed E-state index contributed by atoms with van der Waals surface area (Å²) in [6.07, 6.45) is 2.63. The first kappa shape index (κ1) is 22.9. The molecule has 0 aliphatic carbocycles. The Hall–Kier alpha value is -5.74. The van der Waals surface area contributed by atoms with Crippen LogP contribution in [0.5, 0.6) is 0 Å². The smallest absolute Gasteiger partial charge is 0.216 e. The van der Waals surface area contributed by atoms with Crippen molar-refractivity contribution in [3.05, 3.63) is 174 Å². The maximum Gasteiger partial charge on any atom is 0.216 e. The van der Waals surface area contributed by atoms with Crippen molar-refractivity contribution in [2.24, 2.45) is 0 Å². The van der Waals surface area contributed by atoms with Crippen LogP contribution in [0.2, 0.25) is 0 Å². The number of hydrogen-bond acceptors (Lipinski definition) is 4. The van der Waals surface area contributed by atoms with Gasteiger partial charge in [-0.15, -0.1) is 54.1 Å². The quantitative estimate of drug-likeness (QED) is 0.165. The number of aromatic nitrogens is 3. The van der Waals surface area contributed by atoms with Gasteiger partial charge in [0.1, 0.15) is 0 Å². The van der Waals surface area contributed by atoms with Crippen LogP contribution in [0.15, 0.2) is 144 Å². The first-order valence-corrected chi connectivity index (χ1v) is 16.1. The van der Waals surface area contributed by atoms with E-state index >= 15 is 0 Å². The van der Waals surface area contributed by atoms with Gasteiger partial charge in [-0.1, -0.05) is 83.7 Å². The molecule has 0 atom stereocenters. The fourth-order valence-corrected chi connectivity index (χ4v) is 6.10. The fraction of sp³-hybridized carbons (Fsp3) is 0.0851. The van der Waals surface area contributed by atoms with E-state index in [-0.39, 0.29) is 59.3 Å². The van der Waals surface area contributed by atoms with Gasteiger partial charge in [0.25, 0.3) is 0 Å². The summed E-state index contributed by atoms with van der Waals surface area (Å²) in [7, 11) is 0. The SMILES string of the molecule is [2H]C([2H])([2H])c1ccc(-c2[c-]cccc2)nc1.[2H]C([2H])([2H])c1ccc2c(n1)oc1c(-c3cc(-c4ccc5cc(-c6ccccc6)ccc5c4C([2H])([2H])[2H])c(C([2H])([2H])[2H])cn3)[c-]ccc12.[Ir]. The minimum Gasteiger partial charge on any atom is -0.486 e. The van der Waals surface area contributed by atoms with Crippen LogP contribution >= 0.6 is 0 Å². The Morgan fingerprint density at radius 3 is 2.29 bits per heavy atom. The molecule has 52 heavy (non-hydrogen) atoms. The summed E-state index contributed by atoms with van der Waals surface area (Å²) in [6, 6.07) is 43.7. The third-order valence-corrected chi connectivity index (χ3v) is 8.62. The first-order valence-electron chi connectivity index (χ1n) is 22.1. The molecule has 1 radical (unpaired) electrons. The van der Waals surface area contributed by atoms with Crippen LogP contribution in [0.4, 0.5) is 0 Å². The maximum atomic E-state index is 8.55. The summed E-state index contributed by atoms with van der Waals surface area (Å²) < 4.78 is 101. The second-order valence-corrected chi connectivity index (χ2v) is 11.9. The van der Waals surface area contributed by atoms with Gasteiger partial charge in [0.05, 0.1) is 5.58 Å². The molecule has 0 unspecified atom stereocenters. The molecule has 0 amide bonds. The molecule has 0 fully saturated rings. The van der Waals surface area contributed by atoms with E-state index in [1.54, 1.807) is 60.7 Å². The largest absolute Gasteiger partial charge is 0.486 e. The zero-order valence-electron chi connectivity index (χ0n) is 39.4. The van der Waals surface area contributed by atoms with Crippen LogP contribution in [-0.4, -0.2) is 15.0 Å². The fourth-order valence-electron chi connectivity index (χ4n) is 6.10. The van der Waals surface area contributed by atoms with E-state index in [9.17, 15) is 0 Å². The van der Waals surface area contributed by atoms with E-state index in [1.807, 2.05) is 60.7 Å². The molecule has 4 nitrogen and oxygen atoms in total. The van der Waals surface area contributed by atoms with E-state index in [2.05, 4.69) is 27.1 Å². The molecular weight excluding hydrogens is 815 g/mol. The zero-order valence-corrected chi connectivity index (χ0v) is 29.8. The van der Waals surface area contributed by atoms with Gasteiger partial charge in [-0.25, -0.2) is 4.98 Å². The number of furan rings is 1. The van der Waals surface area contributed by atoms with Gasteiger partial charge in [-0.2, -0.15) is 0 Å². The Bertz CT molecular complexity index is 3110. The van der Waals surface area contributed by atoms with Crippen molar-refractivity contribution in [3.63, 3.8) is 0 Å². The van der Waals surface area contributed by atoms with Crippen molar-refractivity contribution in [2.75, 3.05) is 0 Å². The van der Waals surface area contributed by atoms with Crippen molar-refractivity contribution >= 4 is 32.8 Å². The predicted octanol–water partition coefficient (Wildman–Crippen LogP) is 12.1. The minimum atomic E-state index is -2.61. The number of pyridine rings is 3. The Labute approximate surface area is 334 Å². The topological polar surface area (TPSA) is 51.8 Å². The number of benzene rings is 5. The van der Waals surface area contributed by atoms with Crippen molar-refractivity contribution in [1.29, 1.82) is 0 Å². The van der Waals surface area contributed by atoms with Crippen molar-refractivity contribution in [2.45, 2.75) is 27.4 Å². The van der Waals surface area contributed by atoms with E-state index < -0.39 is 27.4 Å². The van der Waals surface area contributed by atoms with Crippen molar-refractivity contribution in [1.82, 2.24) is 15.0 Å². The number of rotatable bonds is 4. The Morgan fingerprint density at radius 1 is 0.615 bits per heavy atom. The second kappa shape index (κ2) is 14.9. The van der Waals surface area contributed by atoms with Gasteiger partial charge in [-0.05, 0) is 107 Å². The molecule has 0 N–H and O–H groups in total. The molecular formula is C47H35IrN3O-2. The van der Waals surface area contributed by atoms with E-state index in [1.165, 1.54) is 18.5 Å². The van der Waals surface area contributed by atoms with Crippen LogP contribution in [0.3, 0.4) is 0 Å². The normalized spacial score (nSPS) is 15.3. The molecule has 0 bridgehead atoms. The zero-order chi connectivity index (χ0) is 44.9. The van der Waals surface area contributed by atoms with Crippen LogP contribution in [0.1, 0.15) is 38.8 Å². The Balaban J connectivity index is 0.000000304. The number of aryl methyl sites for hydroxylation is 4. The average molecular weight is 862 g/mol. The molecule has 0 saturated heterocycles. The van der Waals surface area contributed by atoms with E-state index in [0.717, 1.165) is 22.4 Å². The molecule has 9 aromatic rings. The summed E-state index contributed by atoms with van der Waals surface area (Å²) in [5.41, 5.74) is 5.16. The van der Waals surface area contributed by atoms with E-state index in [0.29, 0.717) is 38.4 Å². The van der Waals surface area contributed by atoms with Crippen LogP contribution < -0.4 is 0 Å². The minimum absolute atomic E-state index is 0. The number of nitrogens with zero attached hydrogens (tertiary/aromatic N) is 3. The number of hydrogen-bond donors (Lipinski definition) is 0. The number of fused-ring (bicyclic) bond motifs is 4. The van der Waals surface area contributed by atoms with Gasteiger partial charge in [0.15, 0.2) is 0 Å². The summed E-state index contributed by atoms with van der Waals surface area (Å²) in [4.78, 5) is 12.8. The third kappa shape index (κ3) is 6.81. The maximum absolute atomic E-state index is 8.55. The van der Waals surface area contributed by atoms with Gasteiger partial charge in [-0.3, -0.25) is 0 Å². The average Bonchev–Trinajstić information content (AvgIpc) is 3.64. The molecule has 4 aromatic heterocycles. The standard InChI is InChI=1S/C35H25N2O.C12H10N.Ir/c1-21-20-36-33(31-11-7-10-29-30-15-12-22(2)37-35(30)38-34(29)31)19-32(21)28-17-14-26-18-25(13-16-27(26)23(28)3)24-8-5-4-6-9-24;1-10-7-8-12(13-9-10)11-5-3-2-4-6-11;/h4-10,12-20H,1-3H3;2-5,7-9H,1H3;/q2*-1;/i1D3,2D3,3D3;1D3;. The molecule has 0 aliphatic rings. The molecule has 0 saturated carbocycles. The second-order valence-electron chi connectivity index (χ2n) is 11.9. The van der Waals surface area contributed by atoms with Gasteiger partial charge >= 0.3 is 0 Å². The predicted molar refractivity (Wildman–Crippen MR) is 209 cm³/mol. The molecule has 5 aromatic carbocycles. The molecule has 0 spiro atoms. The van der Waals surface area contributed by atoms with Crippen molar-refractivity contribution < 1.29 is 41.0 Å². The molecule has 5 heteroatoms. The van der Waals surface area contributed by atoms with Crippen molar-refractivity contribution in [3.8, 4) is 44.8 Å². The Kier molecular flexibility index (Phi) is 6.55. The molecule has 9 rings (SSSR count). The first-order chi connectivity index (χ1) is 29.8. The molecule has 4 heterocycles. The molecule has 0 aliphatic heterocycles. The molecule has 255 valence electrons. The van der Waals surface area contributed by atoms with Crippen LogP contribution in [-0.2, 0) is 20.1 Å². The van der Waals surface area contributed by atoms with Gasteiger partial charge < -0.3 is 14.4 Å². The van der Waals surface area contributed by atoms with E-state index in [4.69, 9.17) is 20.9 Å². The Morgan fingerprint density at radius 2 is 1.50 bits per heavy atom. The summed E-state index contributed by atoms with van der Waals surface area (Å²) in [6.45, 7) is -9.71. The van der Waals surface area contributed by atoms with Crippen LogP contribution in [0, 0.1) is 39.5 Å². The van der Waals surface area contributed by atoms with Gasteiger partial charge in [0.2, 0.25) is 5.71 Å². The van der Waals surface area contributed by atoms with Crippen LogP contribution in [0.25, 0.3) is 77.6 Å². The summed E-state index contributed by atoms with van der Waals surface area (Å²) in [5, 5.41) is 2.43. The summed E-state index contributed by atoms with van der Waals surface area (Å²) in [5.74, 6) is 0. The monoisotopic (exact) mass is 862 g/mol. The third-order valence-electron chi connectivity index (χ3n) is 8.62.